The highest BCUT2D eigenvalue weighted by atomic mass is 32.1. The molecule has 246 valence electrons. The number of aryl methyl sites for hydroxylation is 1. The topological polar surface area (TPSA) is 103 Å². The van der Waals surface area contributed by atoms with Crippen molar-refractivity contribution in [2.45, 2.75) is 84.9 Å². The Morgan fingerprint density at radius 3 is 2.57 bits per heavy atom. The van der Waals surface area contributed by atoms with Crippen LogP contribution in [-0.4, -0.2) is 53.6 Å². The monoisotopic (exact) mass is 646 g/mol. The fraction of sp³-hybridized carbons (Fsp3) is 0.444. The van der Waals surface area contributed by atoms with Crippen LogP contribution in [0.25, 0.3) is 22.0 Å². The number of nitrogens with one attached hydrogen (secondary N) is 1. The van der Waals surface area contributed by atoms with E-state index in [9.17, 15) is 9.59 Å². The second-order valence-electron chi connectivity index (χ2n) is 12.5. The third-order valence-corrected chi connectivity index (χ3v) is 8.52. The van der Waals surface area contributed by atoms with Crippen LogP contribution in [0.4, 0.5) is 10.6 Å². The second-order valence-corrected chi connectivity index (χ2v) is 13.4. The largest absolute Gasteiger partial charge is 0.493 e. The standard InChI is InChI=1S/C36H46N4O5S/c1-24(33-19-27(23-46-33)28-16-12-11-15-26(28)22-40(6)35(42)45-36(3,4)5)37-34-29-20-31(43-7)32(21-30(29)38-25(2)39-34)44-18-14-10-8-9-13-17-41/h11-12,15-17,19-21,23-24H,8-10,13-14,18,22H2,1-7H3,(H,37,38,39)/t24-/m1/s1. The number of hydrogen-bond acceptors (Lipinski definition) is 9. The van der Waals surface area contributed by atoms with E-state index in [1.165, 1.54) is 0 Å². The van der Waals surface area contributed by atoms with Crippen molar-refractivity contribution in [3.05, 3.63) is 64.1 Å². The molecule has 0 fully saturated rings. The van der Waals surface area contributed by atoms with Gasteiger partial charge in [-0.2, -0.15) is 0 Å². The van der Waals surface area contributed by atoms with Gasteiger partial charge in [-0.3, -0.25) is 0 Å². The van der Waals surface area contributed by atoms with Crippen molar-refractivity contribution in [1.82, 2.24) is 14.9 Å². The number of unbranched alkanes of at least 4 members (excludes halogenated alkanes) is 4. The molecule has 0 aliphatic rings. The van der Waals surface area contributed by atoms with Gasteiger partial charge in [-0.1, -0.05) is 37.1 Å². The number of methoxy groups -OCH3 is 1. The lowest BCUT2D eigenvalue weighted by atomic mass is 10.0. The summed E-state index contributed by atoms with van der Waals surface area (Å²) >= 11 is 1.68. The first kappa shape index (κ1) is 34.7. The summed E-state index contributed by atoms with van der Waals surface area (Å²) in [5.41, 5.74) is 3.44. The Morgan fingerprint density at radius 2 is 1.83 bits per heavy atom. The lowest BCUT2D eigenvalue weighted by molar-refractivity contribution is -0.107. The molecule has 46 heavy (non-hydrogen) atoms. The Hall–Kier alpha value is -4.18. The molecule has 0 radical (unpaired) electrons. The molecule has 9 nitrogen and oxygen atoms in total. The zero-order valence-corrected chi connectivity index (χ0v) is 28.8. The smallest absolute Gasteiger partial charge is 0.410 e. The van der Waals surface area contributed by atoms with Crippen molar-refractivity contribution < 1.29 is 23.8 Å². The first-order valence-corrected chi connectivity index (χ1v) is 16.7. The minimum atomic E-state index is -0.552. The molecule has 0 saturated heterocycles. The van der Waals surface area contributed by atoms with Crippen LogP contribution in [0.3, 0.4) is 0 Å². The number of rotatable bonds is 15. The van der Waals surface area contributed by atoms with Crippen molar-refractivity contribution in [3.8, 4) is 22.6 Å². The molecular formula is C36H46N4O5S. The van der Waals surface area contributed by atoms with E-state index in [0.29, 0.717) is 36.9 Å². The summed E-state index contributed by atoms with van der Waals surface area (Å²) in [6.07, 6.45) is 5.08. The number of aromatic nitrogens is 2. The number of ether oxygens (including phenoxy) is 3. The summed E-state index contributed by atoms with van der Waals surface area (Å²) < 4.78 is 17.3. The average Bonchev–Trinajstić information content (AvgIpc) is 3.50. The van der Waals surface area contributed by atoms with Crippen LogP contribution in [0.2, 0.25) is 0 Å². The van der Waals surface area contributed by atoms with Gasteiger partial charge in [-0.15, -0.1) is 11.3 Å². The van der Waals surface area contributed by atoms with Gasteiger partial charge in [0.2, 0.25) is 0 Å². The zero-order chi connectivity index (χ0) is 33.3. The number of amides is 1. The van der Waals surface area contributed by atoms with Crippen LogP contribution in [0, 0.1) is 6.92 Å². The maximum atomic E-state index is 12.6. The number of hydrogen-bond donors (Lipinski definition) is 1. The Kier molecular flexibility index (Phi) is 12.0. The van der Waals surface area contributed by atoms with E-state index in [2.05, 4.69) is 34.7 Å². The molecule has 4 rings (SSSR count). The van der Waals surface area contributed by atoms with Gasteiger partial charge in [0.25, 0.3) is 0 Å². The van der Waals surface area contributed by atoms with Crippen LogP contribution >= 0.6 is 11.3 Å². The molecule has 0 aliphatic carbocycles. The summed E-state index contributed by atoms with van der Waals surface area (Å²) in [6.45, 7) is 10.6. The van der Waals surface area contributed by atoms with Crippen molar-refractivity contribution in [2.75, 3.05) is 26.1 Å². The average molecular weight is 647 g/mol. The summed E-state index contributed by atoms with van der Waals surface area (Å²) in [4.78, 5) is 35.3. The van der Waals surface area contributed by atoms with E-state index >= 15 is 0 Å². The van der Waals surface area contributed by atoms with E-state index < -0.39 is 5.60 Å². The van der Waals surface area contributed by atoms with Gasteiger partial charge in [0.15, 0.2) is 11.5 Å². The van der Waals surface area contributed by atoms with E-state index in [4.69, 9.17) is 19.2 Å². The molecule has 1 N–H and O–H groups in total. The molecule has 0 spiro atoms. The number of fused-ring (bicyclic) bond motifs is 1. The Morgan fingerprint density at radius 1 is 1.07 bits per heavy atom. The van der Waals surface area contributed by atoms with Crippen molar-refractivity contribution in [3.63, 3.8) is 0 Å². The minimum Gasteiger partial charge on any atom is -0.493 e. The first-order chi connectivity index (χ1) is 22.0. The van der Waals surface area contributed by atoms with Gasteiger partial charge in [-0.05, 0) is 81.7 Å². The Labute approximate surface area is 276 Å². The maximum Gasteiger partial charge on any atom is 0.410 e. The van der Waals surface area contributed by atoms with Crippen LogP contribution < -0.4 is 14.8 Å². The lowest BCUT2D eigenvalue weighted by Gasteiger charge is -2.25. The fourth-order valence-corrected chi connectivity index (χ4v) is 6.01. The number of carbonyl (C=O) groups excluding carboxylic acids is 2. The minimum absolute atomic E-state index is 0.0333. The molecule has 0 aliphatic heterocycles. The molecule has 10 heteroatoms. The molecule has 2 aromatic carbocycles. The number of carbonyl (C=O) groups is 2. The van der Waals surface area contributed by atoms with Crippen molar-refractivity contribution >= 4 is 40.4 Å². The molecule has 0 unspecified atom stereocenters. The van der Waals surface area contributed by atoms with E-state index in [1.807, 2.05) is 58.0 Å². The highest BCUT2D eigenvalue weighted by Gasteiger charge is 2.21. The van der Waals surface area contributed by atoms with E-state index in [-0.39, 0.29) is 12.1 Å². The first-order valence-electron chi connectivity index (χ1n) is 15.8. The number of anilines is 1. The van der Waals surface area contributed by atoms with Gasteiger partial charge in [0.1, 0.15) is 23.5 Å². The SMILES string of the molecule is COc1cc2c(N[C@H](C)c3cc(-c4ccccc4CN(C)C(=O)OC(C)(C)C)cs3)nc(C)nc2cc1OCCCCCCC=O. The highest BCUT2D eigenvalue weighted by molar-refractivity contribution is 7.10. The van der Waals surface area contributed by atoms with Gasteiger partial charge in [0.05, 0.1) is 25.3 Å². The summed E-state index contributed by atoms with van der Waals surface area (Å²) in [5, 5.41) is 6.61. The molecule has 2 heterocycles. The Balaban J connectivity index is 1.49. The molecular weight excluding hydrogens is 600 g/mol. The van der Waals surface area contributed by atoms with Crippen molar-refractivity contribution in [2.24, 2.45) is 0 Å². The van der Waals surface area contributed by atoms with Crippen molar-refractivity contribution in [1.29, 1.82) is 0 Å². The molecule has 1 atom stereocenters. The molecule has 4 aromatic rings. The van der Waals surface area contributed by atoms with E-state index in [0.717, 1.165) is 70.3 Å². The third kappa shape index (κ3) is 9.42. The third-order valence-electron chi connectivity index (χ3n) is 7.41. The second kappa shape index (κ2) is 15.9. The van der Waals surface area contributed by atoms with E-state index in [1.54, 1.807) is 30.4 Å². The van der Waals surface area contributed by atoms with Crippen LogP contribution in [-0.2, 0) is 16.1 Å². The summed E-state index contributed by atoms with van der Waals surface area (Å²) in [7, 11) is 3.39. The van der Waals surface area contributed by atoms with Crippen LogP contribution in [0.5, 0.6) is 11.5 Å². The van der Waals surface area contributed by atoms with Gasteiger partial charge in [-0.25, -0.2) is 14.8 Å². The molecule has 0 saturated carbocycles. The zero-order valence-electron chi connectivity index (χ0n) is 28.0. The van der Waals surface area contributed by atoms with Gasteiger partial charge >= 0.3 is 6.09 Å². The number of thiophene rings is 1. The van der Waals surface area contributed by atoms with Crippen LogP contribution in [0.1, 0.15) is 82.1 Å². The quantitative estimate of drug-likeness (QED) is 0.101. The van der Waals surface area contributed by atoms with Gasteiger partial charge in [0, 0.05) is 36.3 Å². The highest BCUT2D eigenvalue weighted by Crippen LogP contribution is 2.37. The predicted octanol–water partition coefficient (Wildman–Crippen LogP) is 8.74. The molecule has 2 aromatic heterocycles. The summed E-state index contributed by atoms with van der Waals surface area (Å²) in [5.74, 6) is 2.66. The lowest BCUT2D eigenvalue weighted by Crippen LogP contribution is -2.33. The Bertz CT molecular complexity index is 1630. The number of benzene rings is 2. The molecule has 0 bridgehead atoms. The molecule has 1 amide bonds. The summed E-state index contributed by atoms with van der Waals surface area (Å²) in [6, 6.07) is 14.1. The maximum absolute atomic E-state index is 12.6. The van der Waals surface area contributed by atoms with Crippen LogP contribution in [0.15, 0.2) is 47.8 Å². The fourth-order valence-electron chi connectivity index (χ4n) is 5.10. The normalized spacial score (nSPS) is 12.1. The predicted molar refractivity (Wildman–Crippen MR) is 185 cm³/mol. The number of nitrogens with zero attached hydrogens (tertiary/aromatic N) is 3. The van der Waals surface area contributed by atoms with Gasteiger partial charge < -0.3 is 29.2 Å². The number of aldehydes is 1.